The maximum Gasteiger partial charge on any atom is 0.311 e. The number of rotatable bonds is 13. The van der Waals surface area contributed by atoms with Gasteiger partial charge in [0.05, 0.1) is 42.0 Å². The minimum absolute atomic E-state index is 0.101. The molecule has 0 aromatic heterocycles. The van der Waals surface area contributed by atoms with Gasteiger partial charge in [0, 0.05) is 32.0 Å². The number of nitrogens with one attached hydrogen (secondary N) is 3. The first-order valence-electron chi connectivity index (χ1n) is 22.6. The van der Waals surface area contributed by atoms with Crippen molar-refractivity contribution in [3.63, 3.8) is 0 Å². The summed E-state index contributed by atoms with van der Waals surface area (Å²) in [5.74, 6) is -1.99. The normalized spacial score (nSPS) is 44.7. The van der Waals surface area contributed by atoms with E-state index in [2.05, 4.69) is 16.0 Å². The molecule has 3 aliphatic heterocycles. The Kier molecular flexibility index (Phi) is 18.5. The summed E-state index contributed by atoms with van der Waals surface area (Å²) < 4.78 is 45.9. The first-order chi connectivity index (χ1) is 28.6. The van der Waals surface area contributed by atoms with Crippen molar-refractivity contribution in [1.29, 1.82) is 0 Å². The molecule has 0 bridgehead atoms. The SMILES string of the molecule is CCCNC[C@]1(O)[C@H](C)O[C@@H](O[C@H]2[C@H](C)[C@@H](O[C@@H]3O[C@H](C)C[C@H](NC)[C@H]3Oc3ccccc3)[C@](C)(O)C[C@@H](C)CN[C@H](C)[C@@H](O)[C@](C)(O)[C@@H](CC)OC(=O)[C@@H]2C)C[C@@]1(C)OC. The summed E-state index contributed by atoms with van der Waals surface area (Å²) in [5.41, 5.74) is -5.95. The number of hydrogen-bond acceptors (Lipinski definition) is 15. The van der Waals surface area contributed by atoms with Crippen LogP contribution in [0.3, 0.4) is 0 Å². The molecule has 3 saturated heterocycles. The Labute approximate surface area is 365 Å². The van der Waals surface area contributed by atoms with Crippen LogP contribution in [0.2, 0.25) is 0 Å². The zero-order chi connectivity index (χ0) is 45.5. The Bertz CT molecular complexity index is 1490. The fourth-order valence-corrected chi connectivity index (χ4v) is 9.78. The third kappa shape index (κ3) is 12.0. The van der Waals surface area contributed by atoms with E-state index in [4.69, 9.17) is 33.2 Å². The van der Waals surface area contributed by atoms with Crippen LogP contribution in [0.15, 0.2) is 30.3 Å². The molecule has 352 valence electrons. The lowest BCUT2D eigenvalue weighted by Gasteiger charge is -2.53. The number of methoxy groups -OCH3 is 1. The van der Waals surface area contributed by atoms with Gasteiger partial charge in [-0.25, -0.2) is 0 Å². The van der Waals surface area contributed by atoms with E-state index in [-0.39, 0.29) is 43.9 Å². The number of carbonyl (C=O) groups is 1. The second kappa shape index (κ2) is 21.8. The second-order valence-electron chi connectivity index (χ2n) is 19.0. The molecule has 0 unspecified atom stereocenters. The van der Waals surface area contributed by atoms with Gasteiger partial charge in [-0.2, -0.15) is 0 Å². The zero-order valence-corrected chi connectivity index (χ0v) is 39.2. The van der Waals surface area contributed by atoms with E-state index in [1.54, 1.807) is 41.7 Å². The van der Waals surface area contributed by atoms with Gasteiger partial charge in [0.1, 0.15) is 34.8 Å². The van der Waals surface area contributed by atoms with Gasteiger partial charge in [-0.1, -0.05) is 45.9 Å². The van der Waals surface area contributed by atoms with Gasteiger partial charge in [-0.15, -0.1) is 0 Å². The quantitative estimate of drug-likeness (QED) is 0.112. The smallest absolute Gasteiger partial charge is 0.311 e. The highest BCUT2D eigenvalue weighted by Crippen LogP contribution is 2.43. The van der Waals surface area contributed by atoms with Crippen molar-refractivity contribution < 1.29 is 58.4 Å². The first-order valence-corrected chi connectivity index (χ1v) is 22.6. The molecule has 0 spiro atoms. The highest BCUT2D eigenvalue weighted by Gasteiger charge is 2.58. The summed E-state index contributed by atoms with van der Waals surface area (Å²) in [4.78, 5) is 14.5. The Morgan fingerprint density at radius 1 is 0.934 bits per heavy atom. The average Bonchev–Trinajstić information content (AvgIpc) is 3.21. The highest BCUT2D eigenvalue weighted by molar-refractivity contribution is 5.73. The lowest BCUT2D eigenvalue weighted by molar-refractivity contribution is -0.335. The Hall–Kier alpha value is -1.99. The number of carbonyl (C=O) groups excluding carboxylic acids is 1. The van der Waals surface area contributed by atoms with Crippen LogP contribution in [0.1, 0.15) is 108 Å². The monoisotopic (exact) mass is 868 g/mol. The van der Waals surface area contributed by atoms with Crippen LogP contribution in [0.5, 0.6) is 5.75 Å². The molecule has 61 heavy (non-hydrogen) atoms. The molecule has 4 rings (SSSR count). The number of aliphatic hydroxyl groups is 4. The highest BCUT2D eigenvalue weighted by atomic mass is 16.7. The minimum atomic E-state index is -1.82. The van der Waals surface area contributed by atoms with Gasteiger partial charge < -0.3 is 69.5 Å². The summed E-state index contributed by atoms with van der Waals surface area (Å²) >= 11 is 0. The third-order valence-corrected chi connectivity index (χ3v) is 13.7. The zero-order valence-electron chi connectivity index (χ0n) is 39.2. The van der Waals surface area contributed by atoms with Gasteiger partial charge in [-0.3, -0.25) is 4.79 Å². The van der Waals surface area contributed by atoms with Crippen LogP contribution in [0.25, 0.3) is 0 Å². The van der Waals surface area contributed by atoms with Gasteiger partial charge in [-0.05, 0) is 112 Å². The largest absolute Gasteiger partial charge is 0.483 e. The van der Waals surface area contributed by atoms with Crippen molar-refractivity contribution in [3.05, 3.63) is 30.3 Å². The van der Waals surface area contributed by atoms with Crippen LogP contribution < -0.4 is 20.7 Å². The Morgan fingerprint density at radius 2 is 1.61 bits per heavy atom. The van der Waals surface area contributed by atoms with Crippen molar-refractivity contribution in [1.82, 2.24) is 16.0 Å². The van der Waals surface area contributed by atoms with Gasteiger partial charge >= 0.3 is 5.97 Å². The van der Waals surface area contributed by atoms with Gasteiger partial charge in [0.25, 0.3) is 0 Å². The van der Waals surface area contributed by atoms with Crippen molar-refractivity contribution in [2.75, 3.05) is 33.8 Å². The number of para-hydroxylation sites is 1. The van der Waals surface area contributed by atoms with E-state index >= 15 is 0 Å². The summed E-state index contributed by atoms with van der Waals surface area (Å²) in [6, 6.07) is 8.66. The summed E-state index contributed by atoms with van der Waals surface area (Å²) in [5, 5.41) is 58.2. The van der Waals surface area contributed by atoms with E-state index in [0.29, 0.717) is 25.3 Å². The number of benzene rings is 1. The molecule has 0 amide bonds. The summed E-state index contributed by atoms with van der Waals surface area (Å²) in [6.45, 7) is 21.2. The Balaban J connectivity index is 1.84. The van der Waals surface area contributed by atoms with E-state index < -0.39 is 95.5 Å². The maximum absolute atomic E-state index is 14.5. The minimum Gasteiger partial charge on any atom is -0.483 e. The van der Waals surface area contributed by atoms with Crippen LogP contribution in [-0.4, -0.2) is 150 Å². The molecule has 1 aromatic carbocycles. The van der Waals surface area contributed by atoms with Crippen LogP contribution in [0.4, 0.5) is 0 Å². The van der Waals surface area contributed by atoms with Crippen LogP contribution >= 0.6 is 0 Å². The molecule has 15 heteroatoms. The van der Waals surface area contributed by atoms with E-state index in [1.807, 2.05) is 72.0 Å². The molecule has 7 N–H and O–H groups in total. The number of cyclic esters (lactones) is 1. The van der Waals surface area contributed by atoms with E-state index in [1.165, 1.54) is 6.92 Å². The Morgan fingerprint density at radius 3 is 2.21 bits per heavy atom. The fraction of sp³-hybridized carbons (Fsp3) is 0.848. The number of likely N-dealkylation sites (N-methyl/N-ethyl adjacent to an activating group) is 1. The molecule has 0 aliphatic carbocycles. The molecule has 0 radical (unpaired) electrons. The molecule has 1 aromatic rings. The van der Waals surface area contributed by atoms with Gasteiger partial charge in [0.15, 0.2) is 18.7 Å². The van der Waals surface area contributed by atoms with Crippen LogP contribution in [0, 0.1) is 17.8 Å². The number of ether oxygens (including phenoxy) is 7. The first kappa shape index (κ1) is 51.6. The third-order valence-electron chi connectivity index (χ3n) is 13.7. The summed E-state index contributed by atoms with van der Waals surface area (Å²) in [6.07, 6.45) is -5.96. The lowest BCUT2D eigenvalue weighted by atomic mass is 9.75. The fourth-order valence-electron chi connectivity index (χ4n) is 9.78. The topological polar surface area (TPSA) is 199 Å². The number of esters is 1. The van der Waals surface area contributed by atoms with Crippen molar-refractivity contribution >= 4 is 5.97 Å². The standard InChI is InChI=1S/C46H81N3O12/c1-14-21-48-26-46(54)32(8)57-36(24-44(46,10)55-13)60-37-29(5)40(61-42-38(34(47-12)22-28(4)56-42)58-33-19-17-16-18-20-33)43(9,52)23-27(3)25-49-31(7)39(50)45(11,53)35(15-2)59-41(51)30(37)6/h16-20,27-32,34-40,42,47-50,52-54H,14-15,21-26H2,1-13H3/t27-,28-,29+,30-,31-,32+,34+,35-,36+,37+,38-,39-,40-,42+,43-,44-,45-,46+/m1/s1. The van der Waals surface area contributed by atoms with Crippen molar-refractivity contribution in [2.45, 2.75) is 198 Å². The van der Waals surface area contributed by atoms with Gasteiger partial charge in [0.2, 0.25) is 0 Å². The molecular formula is C46H81N3O12. The molecular weight excluding hydrogens is 787 g/mol. The second-order valence-corrected chi connectivity index (χ2v) is 19.0. The molecule has 0 saturated carbocycles. The summed E-state index contributed by atoms with van der Waals surface area (Å²) in [7, 11) is 3.42. The number of hydrogen-bond donors (Lipinski definition) is 7. The van der Waals surface area contributed by atoms with E-state index in [9.17, 15) is 25.2 Å². The molecule has 15 nitrogen and oxygen atoms in total. The van der Waals surface area contributed by atoms with E-state index in [0.717, 1.165) is 6.42 Å². The molecule has 3 heterocycles. The molecule has 3 fully saturated rings. The maximum atomic E-state index is 14.5. The van der Waals surface area contributed by atoms with Crippen molar-refractivity contribution in [3.8, 4) is 5.75 Å². The van der Waals surface area contributed by atoms with Crippen molar-refractivity contribution in [2.24, 2.45) is 17.8 Å². The predicted octanol–water partition coefficient (Wildman–Crippen LogP) is 3.67. The molecule has 3 aliphatic rings. The van der Waals surface area contributed by atoms with Crippen LogP contribution in [-0.2, 0) is 33.2 Å². The average molecular weight is 868 g/mol. The number of aliphatic hydroxyl groups excluding tert-OH is 1. The molecule has 18 atom stereocenters. The lowest BCUT2D eigenvalue weighted by Crippen LogP contribution is -2.70. The predicted molar refractivity (Wildman–Crippen MR) is 232 cm³/mol.